The summed E-state index contributed by atoms with van der Waals surface area (Å²) in [7, 11) is 1.51. The number of likely N-dealkylation sites (N-methyl/N-ethyl adjacent to an activating group) is 1. The number of carbonyl (C=O) groups is 3. The maximum Gasteiger partial charge on any atom is 0.265 e. The number of halogens is 2. The second-order valence-corrected chi connectivity index (χ2v) is 7.54. The minimum Gasteiger partial charge on any atom is -0.482 e. The van der Waals surface area contributed by atoms with Gasteiger partial charge < -0.3 is 15.0 Å². The summed E-state index contributed by atoms with van der Waals surface area (Å²) in [4.78, 5) is 39.6. The molecule has 2 aromatic rings. The van der Waals surface area contributed by atoms with Crippen LogP contribution in [0, 0.1) is 0 Å². The SMILES string of the molecule is CN(CC(=O)Nc1cccc(Cl)c1)C(=O)CN1C(=O)COc2cc(Br)ccc21. The molecule has 1 aliphatic heterocycles. The van der Waals surface area contributed by atoms with Crippen molar-refractivity contribution in [3.05, 3.63) is 52.0 Å². The molecule has 3 amide bonds. The lowest BCUT2D eigenvalue weighted by molar-refractivity contribution is -0.133. The molecule has 0 saturated carbocycles. The van der Waals surface area contributed by atoms with Gasteiger partial charge in [-0.25, -0.2) is 0 Å². The van der Waals surface area contributed by atoms with Gasteiger partial charge in [-0.2, -0.15) is 0 Å². The second kappa shape index (κ2) is 8.62. The second-order valence-electron chi connectivity index (χ2n) is 6.19. The van der Waals surface area contributed by atoms with Gasteiger partial charge in [-0.05, 0) is 36.4 Å². The summed E-state index contributed by atoms with van der Waals surface area (Å²) >= 11 is 9.24. The van der Waals surface area contributed by atoms with E-state index >= 15 is 0 Å². The summed E-state index contributed by atoms with van der Waals surface area (Å²) < 4.78 is 6.22. The molecule has 1 N–H and O–H groups in total. The molecule has 0 radical (unpaired) electrons. The molecule has 2 aromatic carbocycles. The van der Waals surface area contributed by atoms with E-state index in [2.05, 4.69) is 21.2 Å². The molecule has 0 saturated heterocycles. The smallest absolute Gasteiger partial charge is 0.265 e. The van der Waals surface area contributed by atoms with Gasteiger partial charge in [0.2, 0.25) is 11.8 Å². The minimum atomic E-state index is -0.370. The number of nitrogens with zero attached hydrogens (tertiary/aromatic N) is 2. The molecule has 146 valence electrons. The Labute approximate surface area is 175 Å². The summed E-state index contributed by atoms with van der Waals surface area (Å²) in [6.45, 7) is -0.482. The lowest BCUT2D eigenvalue weighted by Gasteiger charge is -2.30. The highest BCUT2D eigenvalue weighted by atomic mass is 79.9. The first-order valence-corrected chi connectivity index (χ1v) is 9.52. The Morgan fingerprint density at radius 1 is 1.29 bits per heavy atom. The quantitative estimate of drug-likeness (QED) is 0.735. The molecule has 0 atom stereocenters. The van der Waals surface area contributed by atoms with Crippen LogP contribution in [0.1, 0.15) is 0 Å². The van der Waals surface area contributed by atoms with E-state index in [4.69, 9.17) is 16.3 Å². The molecule has 0 aromatic heterocycles. The molecule has 0 bridgehead atoms. The van der Waals surface area contributed by atoms with Crippen molar-refractivity contribution in [2.24, 2.45) is 0 Å². The highest BCUT2D eigenvalue weighted by Gasteiger charge is 2.28. The molecule has 3 rings (SSSR count). The molecule has 7 nitrogen and oxygen atoms in total. The predicted molar refractivity (Wildman–Crippen MR) is 110 cm³/mol. The summed E-state index contributed by atoms with van der Waals surface area (Å²) in [6, 6.07) is 11.9. The number of hydrogen-bond acceptors (Lipinski definition) is 4. The average Bonchev–Trinajstić information content (AvgIpc) is 2.63. The van der Waals surface area contributed by atoms with E-state index in [1.807, 2.05) is 0 Å². The van der Waals surface area contributed by atoms with Crippen molar-refractivity contribution >= 4 is 56.6 Å². The molecule has 0 spiro atoms. The Balaban J connectivity index is 1.62. The zero-order chi connectivity index (χ0) is 20.3. The van der Waals surface area contributed by atoms with Crippen LogP contribution in [0.4, 0.5) is 11.4 Å². The van der Waals surface area contributed by atoms with E-state index in [9.17, 15) is 14.4 Å². The van der Waals surface area contributed by atoms with E-state index in [0.29, 0.717) is 22.1 Å². The van der Waals surface area contributed by atoms with Crippen molar-refractivity contribution in [3.8, 4) is 5.75 Å². The van der Waals surface area contributed by atoms with Crippen LogP contribution in [0.5, 0.6) is 5.75 Å². The largest absolute Gasteiger partial charge is 0.482 e. The van der Waals surface area contributed by atoms with Crippen molar-refractivity contribution < 1.29 is 19.1 Å². The monoisotopic (exact) mass is 465 g/mol. The van der Waals surface area contributed by atoms with Gasteiger partial charge in [0, 0.05) is 22.2 Å². The van der Waals surface area contributed by atoms with Crippen LogP contribution < -0.4 is 15.0 Å². The highest BCUT2D eigenvalue weighted by molar-refractivity contribution is 9.10. The van der Waals surface area contributed by atoms with E-state index < -0.39 is 0 Å². The molecule has 28 heavy (non-hydrogen) atoms. The van der Waals surface area contributed by atoms with E-state index in [1.54, 1.807) is 42.5 Å². The van der Waals surface area contributed by atoms with Crippen LogP contribution in [0.3, 0.4) is 0 Å². The van der Waals surface area contributed by atoms with Crippen molar-refractivity contribution in [2.75, 3.05) is 37.0 Å². The fraction of sp³-hybridized carbons (Fsp3) is 0.211. The molecular weight excluding hydrogens is 450 g/mol. The number of amides is 3. The van der Waals surface area contributed by atoms with Crippen molar-refractivity contribution in [3.63, 3.8) is 0 Å². The molecule has 0 fully saturated rings. The molecule has 1 heterocycles. The van der Waals surface area contributed by atoms with Crippen LogP contribution in [-0.4, -0.2) is 49.4 Å². The van der Waals surface area contributed by atoms with Crippen molar-refractivity contribution in [2.45, 2.75) is 0 Å². The van der Waals surface area contributed by atoms with Gasteiger partial charge in [0.1, 0.15) is 12.3 Å². The first-order chi connectivity index (χ1) is 13.3. The lowest BCUT2D eigenvalue weighted by atomic mass is 10.2. The van der Waals surface area contributed by atoms with Gasteiger partial charge in [0.15, 0.2) is 6.61 Å². The van der Waals surface area contributed by atoms with Crippen LogP contribution in [0.2, 0.25) is 5.02 Å². The topological polar surface area (TPSA) is 79.0 Å². The Bertz CT molecular complexity index is 937. The Morgan fingerprint density at radius 3 is 2.82 bits per heavy atom. The van der Waals surface area contributed by atoms with Gasteiger partial charge >= 0.3 is 0 Å². The summed E-state index contributed by atoms with van der Waals surface area (Å²) in [5.74, 6) is -0.538. The summed E-state index contributed by atoms with van der Waals surface area (Å²) in [5.41, 5.74) is 1.06. The molecule has 9 heteroatoms. The molecule has 0 unspecified atom stereocenters. The van der Waals surface area contributed by atoms with Gasteiger partial charge in [-0.3, -0.25) is 19.3 Å². The minimum absolute atomic E-state index is 0.143. The molecule has 1 aliphatic rings. The Morgan fingerprint density at radius 2 is 2.07 bits per heavy atom. The standard InChI is InChI=1S/C19H17BrClN3O4/c1-23(9-17(25)22-14-4-2-3-13(21)8-14)18(26)10-24-15-6-5-12(20)7-16(15)28-11-19(24)27/h2-8H,9-11H2,1H3,(H,22,25). The van der Waals surface area contributed by atoms with Gasteiger partial charge in [0.25, 0.3) is 5.91 Å². The van der Waals surface area contributed by atoms with Gasteiger partial charge in [-0.15, -0.1) is 0 Å². The van der Waals surface area contributed by atoms with Gasteiger partial charge in [-0.1, -0.05) is 33.6 Å². The summed E-state index contributed by atoms with van der Waals surface area (Å²) in [5, 5.41) is 3.18. The van der Waals surface area contributed by atoms with Crippen LogP contribution in [-0.2, 0) is 14.4 Å². The van der Waals surface area contributed by atoms with E-state index in [-0.39, 0.29) is 37.4 Å². The number of hydrogen-bond donors (Lipinski definition) is 1. The zero-order valence-electron chi connectivity index (χ0n) is 14.9. The molecule has 0 aliphatic carbocycles. The van der Waals surface area contributed by atoms with Crippen molar-refractivity contribution in [1.29, 1.82) is 0 Å². The highest BCUT2D eigenvalue weighted by Crippen LogP contribution is 2.34. The maximum absolute atomic E-state index is 12.6. The zero-order valence-corrected chi connectivity index (χ0v) is 17.3. The number of fused-ring (bicyclic) bond motifs is 1. The third-order valence-electron chi connectivity index (χ3n) is 4.07. The maximum atomic E-state index is 12.6. The first kappa shape index (κ1) is 20.2. The number of benzene rings is 2. The fourth-order valence-electron chi connectivity index (χ4n) is 2.68. The number of nitrogens with one attached hydrogen (secondary N) is 1. The Kier molecular flexibility index (Phi) is 6.21. The normalized spacial score (nSPS) is 12.8. The first-order valence-electron chi connectivity index (χ1n) is 8.35. The van der Waals surface area contributed by atoms with Crippen LogP contribution in [0.15, 0.2) is 46.9 Å². The summed E-state index contributed by atoms with van der Waals surface area (Å²) in [6.07, 6.45) is 0. The average molecular weight is 467 g/mol. The van der Waals surface area contributed by atoms with E-state index in [1.165, 1.54) is 16.8 Å². The number of carbonyl (C=O) groups excluding carboxylic acids is 3. The number of anilines is 2. The third-order valence-corrected chi connectivity index (χ3v) is 4.80. The third kappa shape index (κ3) is 4.82. The Hall–Kier alpha value is -2.58. The molecular formula is C19H17BrClN3O4. The number of rotatable bonds is 5. The van der Waals surface area contributed by atoms with Gasteiger partial charge in [0.05, 0.1) is 12.2 Å². The lowest BCUT2D eigenvalue weighted by Crippen LogP contribution is -2.46. The fourth-order valence-corrected chi connectivity index (χ4v) is 3.21. The van der Waals surface area contributed by atoms with E-state index in [0.717, 1.165) is 4.47 Å². The van der Waals surface area contributed by atoms with Crippen LogP contribution >= 0.6 is 27.5 Å². The predicted octanol–water partition coefficient (Wildman–Crippen LogP) is 2.93. The van der Waals surface area contributed by atoms with Crippen molar-refractivity contribution in [1.82, 2.24) is 4.90 Å². The van der Waals surface area contributed by atoms with Crippen LogP contribution in [0.25, 0.3) is 0 Å². The number of ether oxygens (including phenoxy) is 1.